The topological polar surface area (TPSA) is 47.7 Å². The smallest absolute Gasteiger partial charge is 0.379 e. The Morgan fingerprint density at radius 3 is 3.20 bits per heavy atom. The number of hydrogen-bond acceptors (Lipinski definition) is 3. The first-order chi connectivity index (χ1) is 9.84. The van der Waals surface area contributed by atoms with E-state index in [-0.39, 0.29) is 0 Å². The van der Waals surface area contributed by atoms with E-state index in [1.54, 1.807) is 0 Å². The van der Waals surface area contributed by atoms with E-state index in [4.69, 9.17) is 4.42 Å². The maximum Gasteiger partial charge on any atom is 0.402 e. The minimum atomic E-state index is 0.812. The fourth-order valence-corrected chi connectivity index (χ4v) is 3.12. The van der Waals surface area contributed by atoms with Crippen molar-refractivity contribution in [1.29, 1.82) is 0 Å². The third kappa shape index (κ3) is 1.02. The van der Waals surface area contributed by atoms with Gasteiger partial charge in [-0.15, -0.1) is 4.57 Å². The molecule has 0 bridgehead atoms. The quantitative estimate of drug-likeness (QED) is 0.402. The van der Waals surface area contributed by atoms with Crippen molar-refractivity contribution in [2.75, 3.05) is 0 Å². The van der Waals surface area contributed by atoms with Crippen LogP contribution in [0.15, 0.2) is 41.2 Å². The molecule has 0 aliphatic carbocycles. The van der Waals surface area contributed by atoms with Gasteiger partial charge in [-0.05, 0) is 18.2 Å². The lowest BCUT2D eigenvalue weighted by atomic mass is 10.2. The van der Waals surface area contributed by atoms with Crippen LogP contribution in [0.4, 0.5) is 0 Å². The third-order valence-corrected chi connectivity index (χ3v) is 4.05. The second-order valence-corrected chi connectivity index (χ2v) is 5.11. The molecule has 5 nitrogen and oxygen atoms in total. The summed E-state index contributed by atoms with van der Waals surface area (Å²) in [5.74, 6) is 0.847. The lowest BCUT2D eigenvalue weighted by Crippen LogP contribution is -2.30. The molecule has 0 aromatic carbocycles. The van der Waals surface area contributed by atoms with Crippen LogP contribution in [-0.4, -0.2) is 14.5 Å². The lowest BCUT2D eigenvalue weighted by molar-refractivity contribution is -0.648. The maximum absolute atomic E-state index is 6.09. The first-order valence-corrected chi connectivity index (χ1v) is 6.53. The van der Waals surface area contributed by atoms with Gasteiger partial charge in [0.25, 0.3) is 11.2 Å². The molecule has 0 atom stereocenters. The summed E-state index contributed by atoms with van der Waals surface area (Å²) in [4.78, 5) is 8.65. The number of aryl methyl sites for hydroxylation is 1. The van der Waals surface area contributed by atoms with Gasteiger partial charge in [0.05, 0.1) is 22.7 Å². The molecule has 0 unspecified atom stereocenters. The first kappa shape index (κ1) is 10.1. The SMILES string of the molecule is Cn1c2cnccc2c2c1oc1[n+]2Cc2cccnc2-1. The normalized spacial score (nSPS) is 13.1. The number of fused-ring (bicyclic) bond motifs is 7. The van der Waals surface area contributed by atoms with E-state index in [1.807, 2.05) is 42.3 Å². The fraction of sp³-hybridized carbons (Fsp3) is 0.133. The summed E-state index contributed by atoms with van der Waals surface area (Å²) in [5, 5.41) is 1.17. The molecule has 0 radical (unpaired) electrons. The van der Waals surface area contributed by atoms with Crippen molar-refractivity contribution < 1.29 is 8.98 Å². The molecular formula is C15H11N4O+. The Morgan fingerprint density at radius 1 is 1.30 bits per heavy atom. The van der Waals surface area contributed by atoms with Crippen LogP contribution in [0.5, 0.6) is 0 Å². The van der Waals surface area contributed by atoms with Crippen molar-refractivity contribution in [3.63, 3.8) is 0 Å². The van der Waals surface area contributed by atoms with E-state index in [9.17, 15) is 0 Å². The van der Waals surface area contributed by atoms with Crippen molar-refractivity contribution in [2.24, 2.45) is 7.05 Å². The van der Waals surface area contributed by atoms with Gasteiger partial charge in [0.15, 0.2) is 12.2 Å². The van der Waals surface area contributed by atoms with Crippen LogP contribution in [-0.2, 0) is 13.6 Å². The number of rotatable bonds is 0. The van der Waals surface area contributed by atoms with Crippen molar-refractivity contribution in [1.82, 2.24) is 14.5 Å². The van der Waals surface area contributed by atoms with Crippen LogP contribution in [0.3, 0.4) is 0 Å². The molecule has 20 heavy (non-hydrogen) atoms. The van der Waals surface area contributed by atoms with E-state index in [1.165, 1.54) is 10.9 Å². The van der Waals surface area contributed by atoms with Crippen LogP contribution in [0.1, 0.15) is 5.56 Å². The second kappa shape index (κ2) is 3.25. The number of nitrogens with zero attached hydrogens (tertiary/aromatic N) is 4. The summed E-state index contributed by atoms with van der Waals surface area (Å²) < 4.78 is 10.3. The van der Waals surface area contributed by atoms with E-state index in [0.29, 0.717) is 0 Å². The molecule has 0 fully saturated rings. The molecule has 0 amide bonds. The summed E-state index contributed by atoms with van der Waals surface area (Å²) in [6.45, 7) is 0.812. The molecule has 1 aliphatic rings. The molecule has 96 valence electrons. The van der Waals surface area contributed by atoms with Crippen LogP contribution in [0.25, 0.3) is 33.7 Å². The number of pyridine rings is 2. The van der Waals surface area contributed by atoms with Gasteiger partial charge in [-0.3, -0.25) is 4.98 Å². The highest BCUT2D eigenvalue weighted by atomic mass is 16.4. The van der Waals surface area contributed by atoms with Crippen molar-refractivity contribution in [2.45, 2.75) is 6.54 Å². The summed E-state index contributed by atoms with van der Waals surface area (Å²) in [5.41, 5.74) is 5.24. The van der Waals surface area contributed by atoms with Crippen LogP contribution in [0.2, 0.25) is 0 Å². The number of oxazole rings is 1. The second-order valence-electron chi connectivity index (χ2n) is 5.11. The molecule has 5 heterocycles. The zero-order chi connectivity index (χ0) is 13.3. The van der Waals surface area contributed by atoms with Gasteiger partial charge < -0.3 is 8.98 Å². The molecule has 0 saturated carbocycles. The standard InChI is InChI=1S/C15H11N4O/c1-18-11-7-16-6-4-10(11)13-15(18)20-14-12-9(8-19(13)14)3-2-5-17-12/h2-7H,8H2,1H3/q+1. The Hall–Kier alpha value is -2.69. The highest BCUT2D eigenvalue weighted by Crippen LogP contribution is 2.33. The highest BCUT2D eigenvalue weighted by Gasteiger charge is 2.37. The zero-order valence-electron chi connectivity index (χ0n) is 10.9. The Balaban J connectivity index is 1.97. The molecule has 0 N–H and O–H groups in total. The Labute approximate surface area is 114 Å². The summed E-state index contributed by atoms with van der Waals surface area (Å²) in [6.07, 6.45) is 5.50. The summed E-state index contributed by atoms with van der Waals surface area (Å²) in [7, 11) is 2.00. The van der Waals surface area contributed by atoms with Gasteiger partial charge in [-0.1, -0.05) is 0 Å². The Kier molecular flexibility index (Phi) is 1.65. The largest absolute Gasteiger partial charge is 0.402 e. The minimum absolute atomic E-state index is 0.812. The van der Waals surface area contributed by atoms with Gasteiger partial charge in [-0.2, -0.15) is 0 Å². The van der Waals surface area contributed by atoms with Gasteiger partial charge in [0.1, 0.15) is 0 Å². The van der Waals surface area contributed by atoms with E-state index in [2.05, 4.69) is 20.6 Å². The predicted octanol–water partition coefficient (Wildman–Crippen LogP) is 2.03. The number of hydrogen-bond donors (Lipinski definition) is 0. The van der Waals surface area contributed by atoms with E-state index >= 15 is 0 Å². The third-order valence-electron chi connectivity index (χ3n) is 4.05. The zero-order valence-corrected chi connectivity index (χ0v) is 10.9. The summed E-state index contributed by atoms with van der Waals surface area (Å²) in [6, 6.07) is 6.11. The van der Waals surface area contributed by atoms with Crippen LogP contribution in [0, 0.1) is 0 Å². The molecule has 0 saturated heterocycles. The van der Waals surface area contributed by atoms with Gasteiger partial charge in [0.2, 0.25) is 0 Å². The van der Waals surface area contributed by atoms with Gasteiger partial charge >= 0.3 is 5.89 Å². The molecule has 0 spiro atoms. The average molecular weight is 263 g/mol. The molecular weight excluding hydrogens is 252 g/mol. The van der Waals surface area contributed by atoms with Gasteiger partial charge in [-0.25, -0.2) is 4.98 Å². The molecule has 4 aromatic heterocycles. The van der Waals surface area contributed by atoms with Crippen LogP contribution < -0.4 is 4.57 Å². The molecule has 5 rings (SSSR count). The molecule has 1 aliphatic heterocycles. The van der Waals surface area contributed by atoms with Gasteiger partial charge in [0, 0.05) is 19.4 Å². The van der Waals surface area contributed by atoms with Crippen LogP contribution >= 0.6 is 0 Å². The van der Waals surface area contributed by atoms with E-state index < -0.39 is 0 Å². The lowest BCUT2D eigenvalue weighted by Gasteiger charge is -1.93. The monoisotopic (exact) mass is 263 g/mol. The average Bonchev–Trinajstić information content (AvgIpc) is 3.09. The summed E-state index contributed by atoms with van der Waals surface area (Å²) >= 11 is 0. The first-order valence-electron chi connectivity index (χ1n) is 6.53. The molecule has 4 aromatic rings. The number of aromatic nitrogens is 4. The Bertz CT molecular complexity index is 996. The highest BCUT2D eigenvalue weighted by molar-refractivity contribution is 6.02. The van der Waals surface area contributed by atoms with Crippen molar-refractivity contribution >= 4 is 22.1 Å². The predicted molar refractivity (Wildman–Crippen MR) is 73.0 cm³/mol. The van der Waals surface area contributed by atoms with Crippen molar-refractivity contribution in [3.05, 3.63) is 42.4 Å². The Morgan fingerprint density at radius 2 is 2.25 bits per heavy atom. The fourth-order valence-electron chi connectivity index (χ4n) is 3.12. The molecule has 5 heteroatoms. The van der Waals surface area contributed by atoms with Crippen molar-refractivity contribution in [3.8, 4) is 11.6 Å². The maximum atomic E-state index is 6.09. The van der Waals surface area contributed by atoms with E-state index in [0.717, 1.165) is 34.9 Å². The minimum Gasteiger partial charge on any atom is -0.379 e.